The molecule has 1 aliphatic heterocycles. The van der Waals surface area contributed by atoms with E-state index in [0.29, 0.717) is 63.9 Å². The molecule has 3 aromatic rings. The highest BCUT2D eigenvalue weighted by Crippen LogP contribution is 2.40. The van der Waals surface area contributed by atoms with Gasteiger partial charge in [-0.1, -0.05) is 0 Å². The van der Waals surface area contributed by atoms with Crippen LogP contribution < -0.4 is 30.2 Å². The standard InChI is InChI=1S/C23H29N7O4S/c1-30(31)9-7-14(8-10-30)26-23(35)29-19-6-5-16-22(27-19)28-20(13-24-16)25-15-11-17(32-2)21(34-4)18(12-15)33-3/h5-6,11-14H,7-10H2,1-4H3,(H3,25,26,27,28,29,35). The molecule has 1 fully saturated rings. The number of quaternary nitrogens is 1. The van der Waals surface area contributed by atoms with Gasteiger partial charge in [-0.25, -0.2) is 15.0 Å². The summed E-state index contributed by atoms with van der Waals surface area (Å²) < 4.78 is 16.0. The fourth-order valence-corrected chi connectivity index (χ4v) is 4.20. The first-order valence-corrected chi connectivity index (χ1v) is 11.5. The largest absolute Gasteiger partial charge is 0.633 e. The molecule has 0 bridgehead atoms. The molecule has 1 aromatic carbocycles. The maximum atomic E-state index is 12.0. The lowest BCUT2D eigenvalue weighted by atomic mass is 10.1. The lowest BCUT2D eigenvalue weighted by Crippen LogP contribution is -2.51. The molecule has 35 heavy (non-hydrogen) atoms. The topological polar surface area (TPSA) is 126 Å². The van der Waals surface area contributed by atoms with Crippen molar-refractivity contribution in [3.8, 4) is 17.2 Å². The average Bonchev–Trinajstić information content (AvgIpc) is 2.84. The molecule has 0 amide bonds. The lowest BCUT2D eigenvalue weighted by molar-refractivity contribution is -0.866. The molecule has 0 unspecified atom stereocenters. The summed E-state index contributed by atoms with van der Waals surface area (Å²) in [5, 5.41) is 22.1. The minimum atomic E-state index is -0.199. The van der Waals surface area contributed by atoms with Crippen molar-refractivity contribution < 1.29 is 18.9 Å². The molecule has 0 radical (unpaired) electrons. The third kappa shape index (κ3) is 5.96. The second-order valence-electron chi connectivity index (χ2n) is 8.45. The zero-order valence-corrected chi connectivity index (χ0v) is 20.9. The number of hydrogen-bond acceptors (Lipinski definition) is 9. The summed E-state index contributed by atoms with van der Waals surface area (Å²) in [6, 6.07) is 7.35. The number of aromatic nitrogens is 3. The molecule has 0 atom stereocenters. The van der Waals surface area contributed by atoms with Crippen molar-refractivity contribution in [3.05, 3.63) is 35.7 Å². The van der Waals surface area contributed by atoms with Crippen LogP contribution in [0.3, 0.4) is 0 Å². The molecule has 186 valence electrons. The predicted molar refractivity (Wildman–Crippen MR) is 138 cm³/mol. The van der Waals surface area contributed by atoms with Gasteiger partial charge in [0.2, 0.25) is 5.75 Å². The van der Waals surface area contributed by atoms with Crippen LogP contribution in [0.25, 0.3) is 11.2 Å². The van der Waals surface area contributed by atoms with E-state index in [1.807, 2.05) is 6.07 Å². The normalized spacial score (nSPS) is 19.6. The maximum Gasteiger partial charge on any atom is 0.203 e. The average molecular weight is 500 g/mol. The quantitative estimate of drug-likeness (QED) is 0.252. The summed E-state index contributed by atoms with van der Waals surface area (Å²) in [7, 11) is 6.38. The summed E-state index contributed by atoms with van der Waals surface area (Å²) in [5.41, 5.74) is 1.78. The van der Waals surface area contributed by atoms with Crippen molar-refractivity contribution in [2.75, 3.05) is 52.1 Å². The number of pyridine rings is 1. The smallest absolute Gasteiger partial charge is 0.203 e. The van der Waals surface area contributed by atoms with Crippen LogP contribution in [0, 0.1) is 5.21 Å². The molecule has 11 nitrogen and oxygen atoms in total. The van der Waals surface area contributed by atoms with Gasteiger partial charge in [-0.3, -0.25) is 0 Å². The van der Waals surface area contributed by atoms with Gasteiger partial charge >= 0.3 is 0 Å². The number of anilines is 3. The Morgan fingerprint density at radius 2 is 1.69 bits per heavy atom. The number of fused-ring (bicyclic) bond motifs is 1. The van der Waals surface area contributed by atoms with E-state index in [1.54, 1.807) is 52.8 Å². The van der Waals surface area contributed by atoms with Crippen LogP contribution >= 0.6 is 12.2 Å². The molecule has 3 N–H and O–H groups in total. The lowest BCUT2D eigenvalue weighted by Gasteiger charge is -2.44. The highest BCUT2D eigenvalue weighted by molar-refractivity contribution is 7.80. The van der Waals surface area contributed by atoms with Crippen LogP contribution in [-0.2, 0) is 0 Å². The van der Waals surface area contributed by atoms with Crippen LogP contribution in [0.1, 0.15) is 12.8 Å². The number of rotatable bonds is 7. The summed E-state index contributed by atoms with van der Waals surface area (Å²) in [6.07, 6.45) is 3.17. The van der Waals surface area contributed by atoms with E-state index in [0.717, 1.165) is 12.8 Å². The van der Waals surface area contributed by atoms with Gasteiger partial charge in [0.1, 0.15) is 11.3 Å². The van der Waals surface area contributed by atoms with Gasteiger partial charge < -0.3 is 40.0 Å². The van der Waals surface area contributed by atoms with Crippen LogP contribution in [0.5, 0.6) is 17.2 Å². The van der Waals surface area contributed by atoms with E-state index in [4.69, 9.17) is 26.4 Å². The third-order valence-electron chi connectivity index (χ3n) is 5.82. The first kappa shape index (κ1) is 24.6. The number of methoxy groups -OCH3 is 3. The molecule has 0 saturated carbocycles. The van der Waals surface area contributed by atoms with Gasteiger partial charge in [-0.2, -0.15) is 0 Å². The van der Waals surface area contributed by atoms with Gasteiger partial charge in [-0.15, -0.1) is 0 Å². The number of likely N-dealkylation sites (tertiary alicyclic amines) is 1. The van der Waals surface area contributed by atoms with E-state index < -0.39 is 0 Å². The van der Waals surface area contributed by atoms with Crippen molar-refractivity contribution in [1.29, 1.82) is 0 Å². The van der Waals surface area contributed by atoms with E-state index in [-0.39, 0.29) is 10.7 Å². The number of hydrogen-bond donors (Lipinski definition) is 3. The number of thiocarbonyl (C=S) groups is 1. The predicted octanol–water partition coefficient (Wildman–Crippen LogP) is 3.19. The molecule has 12 heteroatoms. The van der Waals surface area contributed by atoms with E-state index in [9.17, 15) is 5.21 Å². The molecule has 1 aliphatic rings. The van der Waals surface area contributed by atoms with Crippen LogP contribution in [-0.4, -0.2) is 72.2 Å². The van der Waals surface area contributed by atoms with Crippen molar-refractivity contribution in [2.24, 2.45) is 0 Å². The van der Waals surface area contributed by atoms with Gasteiger partial charge in [0.05, 0.1) is 47.7 Å². The number of nitrogens with zero attached hydrogens (tertiary/aromatic N) is 4. The van der Waals surface area contributed by atoms with Gasteiger partial charge in [0.15, 0.2) is 28.1 Å². The summed E-state index contributed by atoms with van der Waals surface area (Å²) in [4.78, 5) is 13.6. The van der Waals surface area contributed by atoms with Gasteiger partial charge in [0.25, 0.3) is 0 Å². The first-order valence-electron chi connectivity index (χ1n) is 11.1. The van der Waals surface area contributed by atoms with Crippen LogP contribution in [0.2, 0.25) is 0 Å². The molecular weight excluding hydrogens is 470 g/mol. The molecule has 3 heterocycles. The summed E-state index contributed by atoms with van der Waals surface area (Å²) in [6.45, 7) is 1.15. The monoisotopic (exact) mass is 499 g/mol. The number of piperidine rings is 1. The zero-order valence-electron chi connectivity index (χ0n) is 20.1. The Kier molecular flexibility index (Phi) is 7.34. The van der Waals surface area contributed by atoms with Crippen LogP contribution in [0.4, 0.5) is 17.3 Å². The highest BCUT2D eigenvalue weighted by atomic mass is 32.1. The van der Waals surface area contributed by atoms with Crippen LogP contribution in [0.15, 0.2) is 30.5 Å². The summed E-state index contributed by atoms with van der Waals surface area (Å²) in [5.74, 6) is 2.59. The second-order valence-corrected chi connectivity index (χ2v) is 8.86. The summed E-state index contributed by atoms with van der Waals surface area (Å²) >= 11 is 5.45. The van der Waals surface area contributed by atoms with E-state index >= 15 is 0 Å². The first-order chi connectivity index (χ1) is 16.8. The van der Waals surface area contributed by atoms with Gasteiger partial charge in [0, 0.05) is 36.7 Å². The van der Waals surface area contributed by atoms with E-state index in [1.165, 1.54) is 0 Å². The second kappa shape index (κ2) is 10.4. The molecule has 1 saturated heterocycles. The Hall–Kier alpha value is -3.48. The fourth-order valence-electron chi connectivity index (χ4n) is 3.92. The zero-order chi connectivity index (χ0) is 25.0. The van der Waals surface area contributed by atoms with Crippen molar-refractivity contribution in [3.63, 3.8) is 0 Å². The number of hydroxylamine groups is 3. The molecule has 2 aromatic heterocycles. The number of benzene rings is 1. The molecule has 0 aliphatic carbocycles. The van der Waals surface area contributed by atoms with Crippen molar-refractivity contribution in [1.82, 2.24) is 20.3 Å². The Labute approximate surface area is 209 Å². The Balaban J connectivity index is 1.47. The molecular formula is C23H29N7O4S. The SMILES string of the molecule is COc1cc(Nc2cnc3ccc(NC(=S)NC4CC[N+](C)([O-])CC4)nc3n2)cc(OC)c1OC. The number of ether oxygens (including phenoxy) is 3. The van der Waals surface area contributed by atoms with Crippen molar-refractivity contribution in [2.45, 2.75) is 18.9 Å². The number of nitrogens with one attached hydrogen (secondary N) is 3. The maximum absolute atomic E-state index is 12.0. The molecule has 4 rings (SSSR count). The van der Waals surface area contributed by atoms with Crippen molar-refractivity contribution >= 4 is 45.8 Å². The third-order valence-corrected chi connectivity index (χ3v) is 6.04. The van der Waals surface area contributed by atoms with Gasteiger partial charge in [-0.05, 0) is 24.4 Å². The Morgan fingerprint density at radius 1 is 1.03 bits per heavy atom. The highest BCUT2D eigenvalue weighted by Gasteiger charge is 2.24. The fraction of sp³-hybridized carbons (Fsp3) is 0.391. The Bertz CT molecular complexity index is 1190. The minimum Gasteiger partial charge on any atom is -0.633 e. The Morgan fingerprint density at radius 3 is 2.31 bits per heavy atom. The molecule has 0 spiro atoms. The van der Waals surface area contributed by atoms with E-state index in [2.05, 4.69) is 30.9 Å². The minimum absolute atomic E-state index is 0.171.